The maximum absolute atomic E-state index is 6.22. The van der Waals surface area contributed by atoms with E-state index in [0.29, 0.717) is 12.0 Å². The lowest BCUT2D eigenvalue weighted by Gasteiger charge is -2.21. The topological polar surface area (TPSA) is 26.0 Å². The molecule has 1 heteroatoms. The van der Waals surface area contributed by atoms with Crippen molar-refractivity contribution in [1.29, 1.82) is 0 Å². The van der Waals surface area contributed by atoms with Crippen LogP contribution >= 0.6 is 0 Å². The van der Waals surface area contributed by atoms with E-state index >= 15 is 0 Å². The molecule has 1 rings (SSSR count). The predicted octanol–water partition coefficient (Wildman–Crippen LogP) is 3.30. The highest BCUT2D eigenvalue weighted by Gasteiger charge is 2.14. The lowest BCUT2D eigenvalue weighted by Crippen LogP contribution is -2.31. The summed E-state index contributed by atoms with van der Waals surface area (Å²) in [5, 5.41) is 0. The van der Waals surface area contributed by atoms with E-state index in [2.05, 4.69) is 45.0 Å². The number of benzene rings is 1. The molecule has 84 valence electrons. The van der Waals surface area contributed by atoms with Crippen molar-refractivity contribution >= 4 is 0 Å². The molecule has 0 aliphatic heterocycles. The van der Waals surface area contributed by atoms with Gasteiger partial charge in [0.05, 0.1) is 0 Å². The van der Waals surface area contributed by atoms with Crippen molar-refractivity contribution in [2.45, 2.75) is 46.1 Å². The molecule has 2 N–H and O–H groups in total. The molecule has 1 atom stereocenters. The molecular formula is C14H23N. The first-order valence-electron chi connectivity index (χ1n) is 5.98. The monoisotopic (exact) mass is 205 g/mol. The number of rotatable bonds is 5. The average molecular weight is 205 g/mol. The van der Waals surface area contributed by atoms with E-state index in [1.807, 2.05) is 0 Å². The highest BCUT2D eigenvalue weighted by atomic mass is 14.6. The summed E-state index contributed by atoms with van der Waals surface area (Å²) in [5.74, 6) is 0.658. The number of hydrogen-bond acceptors (Lipinski definition) is 1. The number of hydrogen-bond donors (Lipinski definition) is 1. The van der Waals surface area contributed by atoms with E-state index in [1.165, 1.54) is 24.0 Å². The van der Waals surface area contributed by atoms with Crippen molar-refractivity contribution in [2.75, 3.05) is 0 Å². The predicted molar refractivity (Wildman–Crippen MR) is 66.9 cm³/mol. The van der Waals surface area contributed by atoms with Crippen molar-refractivity contribution in [1.82, 2.24) is 0 Å². The molecule has 0 saturated heterocycles. The summed E-state index contributed by atoms with van der Waals surface area (Å²) in [6.45, 7) is 6.58. The molecule has 0 bridgehead atoms. The first kappa shape index (κ1) is 12.3. The van der Waals surface area contributed by atoms with Gasteiger partial charge < -0.3 is 5.73 Å². The normalized spacial score (nSPS) is 13.1. The molecule has 0 amide bonds. The van der Waals surface area contributed by atoms with Gasteiger partial charge in [-0.3, -0.25) is 0 Å². The molecule has 0 heterocycles. The molecule has 1 aromatic rings. The van der Waals surface area contributed by atoms with Crippen LogP contribution in [0.15, 0.2) is 24.3 Å². The van der Waals surface area contributed by atoms with Gasteiger partial charge in [0.15, 0.2) is 0 Å². The molecular weight excluding hydrogens is 182 g/mol. The third-order valence-corrected chi connectivity index (χ3v) is 3.21. The largest absolute Gasteiger partial charge is 0.327 e. The van der Waals surface area contributed by atoms with E-state index < -0.39 is 0 Å². The van der Waals surface area contributed by atoms with Crippen LogP contribution in [0.4, 0.5) is 0 Å². The Kier molecular flexibility index (Phi) is 4.83. The van der Waals surface area contributed by atoms with E-state index in [9.17, 15) is 0 Å². The highest BCUT2D eigenvalue weighted by molar-refractivity contribution is 5.23. The molecule has 0 spiro atoms. The fraction of sp³-hybridized carbons (Fsp3) is 0.571. The Morgan fingerprint density at radius 3 is 2.40 bits per heavy atom. The molecule has 0 saturated carbocycles. The van der Waals surface area contributed by atoms with Gasteiger partial charge in [-0.2, -0.15) is 0 Å². The van der Waals surface area contributed by atoms with Gasteiger partial charge in [0.2, 0.25) is 0 Å². The zero-order valence-electron chi connectivity index (χ0n) is 10.2. The fourth-order valence-corrected chi connectivity index (χ4v) is 2.17. The lowest BCUT2D eigenvalue weighted by molar-refractivity contribution is 0.393. The van der Waals surface area contributed by atoms with E-state index in [4.69, 9.17) is 5.73 Å². The van der Waals surface area contributed by atoms with Crippen LogP contribution in [0.5, 0.6) is 0 Å². The Morgan fingerprint density at radius 1 is 1.20 bits per heavy atom. The van der Waals surface area contributed by atoms with Gasteiger partial charge in [-0.15, -0.1) is 0 Å². The van der Waals surface area contributed by atoms with Gasteiger partial charge in [-0.05, 0) is 24.8 Å². The van der Waals surface area contributed by atoms with Crippen molar-refractivity contribution < 1.29 is 0 Å². The molecule has 0 aliphatic carbocycles. The van der Waals surface area contributed by atoms with Crippen molar-refractivity contribution in [3.05, 3.63) is 35.4 Å². The molecule has 0 radical (unpaired) electrons. The molecule has 1 unspecified atom stereocenters. The smallest absolute Gasteiger partial charge is 0.0108 e. The van der Waals surface area contributed by atoms with Crippen LogP contribution < -0.4 is 5.73 Å². The first-order valence-corrected chi connectivity index (χ1v) is 5.98. The van der Waals surface area contributed by atoms with Gasteiger partial charge in [0.1, 0.15) is 0 Å². The molecule has 0 aromatic heterocycles. The summed E-state index contributed by atoms with van der Waals surface area (Å²) in [6.07, 6.45) is 3.38. The Hall–Kier alpha value is -0.820. The summed E-state index contributed by atoms with van der Waals surface area (Å²) in [4.78, 5) is 0. The van der Waals surface area contributed by atoms with Crippen LogP contribution in [0.1, 0.15) is 37.8 Å². The Morgan fingerprint density at radius 2 is 1.87 bits per heavy atom. The zero-order chi connectivity index (χ0) is 11.3. The Bertz CT molecular complexity index is 289. The van der Waals surface area contributed by atoms with E-state index in [1.54, 1.807) is 0 Å². The maximum Gasteiger partial charge on any atom is 0.0108 e. The average Bonchev–Trinajstić information content (AvgIpc) is 2.19. The third-order valence-electron chi connectivity index (χ3n) is 3.21. The van der Waals surface area contributed by atoms with E-state index in [0.717, 1.165) is 6.42 Å². The molecule has 1 nitrogen and oxygen atoms in total. The number of nitrogens with two attached hydrogens (primary N) is 1. The number of aryl methyl sites for hydroxylation is 1. The van der Waals surface area contributed by atoms with Gasteiger partial charge in [0.25, 0.3) is 0 Å². The third kappa shape index (κ3) is 3.67. The van der Waals surface area contributed by atoms with Crippen molar-refractivity contribution in [2.24, 2.45) is 11.7 Å². The van der Waals surface area contributed by atoms with Gasteiger partial charge in [0, 0.05) is 6.04 Å². The molecule has 15 heavy (non-hydrogen) atoms. The standard InChI is InChI=1S/C14H23N/c1-4-13(5-2)14(15)10-12-8-6-7-11(3)9-12/h6-9,13-14H,4-5,10,15H2,1-3H3. The maximum atomic E-state index is 6.22. The van der Waals surface area contributed by atoms with Crippen LogP contribution in [-0.2, 0) is 6.42 Å². The minimum atomic E-state index is 0.307. The summed E-state index contributed by atoms with van der Waals surface area (Å²) in [5.41, 5.74) is 8.91. The van der Waals surface area contributed by atoms with E-state index in [-0.39, 0.29) is 0 Å². The van der Waals surface area contributed by atoms with Gasteiger partial charge >= 0.3 is 0 Å². The second-order valence-electron chi connectivity index (χ2n) is 4.43. The minimum absolute atomic E-state index is 0.307. The Labute approximate surface area is 93.7 Å². The van der Waals surface area contributed by atoms with Gasteiger partial charge in [-0.25, -0.2) is 0 Å². The minimum Gasteiger partial charge on any atom is -0.327 e. The zero-order valence-corrected chi connectivity index (χ0v) is 10.2. The SMILES string of the molecule is CCC(CC)C(N)Cc1cccc(C)c1. The highest BCUT2D eigenvalue weighted by Crippen LogP contribution is 2.16. The Balaban J connectivity index is 2.61. The summed E-state index contributed by atoms with van der Waals surface area (Å²) >= 11 is 0. The van der Waals surface area contributed by atoms with Gasteiger partial charge in [-0.1, -0.05) is 56.5 Å². The quantitative estimate of drug-likeness (QED) is 0.784. The summed E-state index contributed by atoms with van der Waals surface area (Å²) in [7, 11) is 0. The first-order chi connectivity index (χ1) is 7.17. The van der Waals surface area contributed by atoms with Crippen LogP contribution in [0, 0.1) is 12.8 Å². The second kappa shape index (κ2) is 5.92. The van der Waals surface area contributed by atoms with Crippen molar-refractivity contribution in [3.63, 3.8) is 0 Å². The lowest BCUT2D eigenvalue weighted by atomic mass is 9.90. The molecule has 1 aromatic carbocycles. The van der Waals surface area contributed by atoms with Crippen LogP contribution in [0.25, 0.3) is 0 Å². The van der Waals surface area contributed by atoms with Crippen LogP contribution in [-0.4, -0.2) is 6.04 Å². The second-order valence-corrected chi connectivity index (χ2v) is 4.43. The van der Waals surface area contributed by atoms with Crippen molar-refractivity contribution in [3.8, 4) is 0 Å². The molecule has 0 fully saturated rings. The molecule has 0 aliphatic rings. The summed E-state index contributed by atoms with van der Waals surface area (Å²) < 4.78 is 0. The summed E-state index contributed by atoms with van der Waals surface area (Å²) in [6, 6.07) is 8.97. The van der Waals surface area contributed by atoms with Crippen LogP contribution in [0.3, 0.4) is 0 Å². The van der Waals surface area contributed by atoms with Crippen LogP contribution in [0.2, 0.25) is 0 Å². The fourth-order valence-electron chi connectivity index (χ4n) is 2.17.